The summed E-state index contributed by atoms with van der Waals surface area (Å²) in [4.78, 5) is 8.60. The molecule has 1 unspecified atom stereocenters. The van der Waals surface area contributed by atoms with E-state index in [1.165, 1.54) is 28.4 Å². The zero-order chi connectivity index (χ0) is 14.7. The van der Waals surface area contributed by atoms with Crippen LogP contribution in [-0.4, -0.2) is 29.0 Å². The largest absolute Gasteiger partial charge is 0.308 e. The Balaban J connectivity index is 1.47. The molecule has 1 N–H and O–H groups in total. The number of hydrogen-bond donors (Lipinski definition) is 1. The first-order chi connectivity index (χ1) is 10.2. The van der Waals surface area contributed by atoms with Crippen molar-refractivity contribution in [3.8, 4) is 0 Å². The first kappa shape index (κ1) is 15.2. The first-order valence-electron chi connectivity index (χ1n) is 7.60. The Bertz CT molecular complexity index is 546. The molecule has 2 aromatic heterocycles. The van der Waals surface area contributed by atoms with Crippen molar-refractivity contribution in [2.75, 3.05) is 7.05 Å². The highest BCUT2D eigenvalue weighted by molar-refractivity contribution is 7.10. The predicted octanol–water partition coefficient (Wildman–Crippen LogP) is 3.52. The minimum Gasteiger partial charge on any atom is -0.308 e. The molecule has 1 fully saturated rings. The highest BCUT2D eigenvalue weighted by Crippen LogP contribution is 2.20. The zero-order valence-corrected chi connectivity index (χ0v) is 14.3. The van der Waals surface area contributed by atoms with E-state index in [-0.39, 0.29) is 0 Å². The molecule has 0 saturated heterocycles. The summed E-state index contributed by atoms with van der Waals surface area (Å²) in [6.07, 6.45) is 3.79. The smallest absolute Gasteiger partial charge is 0.107 e. The topological polar surface area (TPSA) is 28.2 Å². The van der Waals surface area contributed by atoms with Crippen LogP contribution in [0.4, 0.5) is 0 Å². The van der Waals surface area contributed by atoms with Gasteiger partial charge < -0.3 is 5.32 Å². The summed E-state index contributed by atoms with van der Waals surface area (Å²) in [6.45, 7) is 4.16. The molecule has 21 heavy (non-hydrogen) atoms. The van der Waals surface area contributed by atoms with Crippen molar-refractivity contribution in [1.29, 1.82) is 0 Å². The van der Waals surface area contributed by atoms with Crippen molar-refractivity contribution >= 4 is 22.7 Å². The number of rotatable bonds is 8. The molecular weight excluding hydrogens is 298 g/mol. The average Bonchev–Trinajstić information content (AvgIpc) is 2.96. The van der Waals surface area contributed by atoms with Gasteiger partial charge in [-0.05, 0) is 44.7 Å². The Morgan fingerprint density at radius 1 is 1.43 bits per heavy atom. The van der Waals surface area contributed by atoms with Gasteiger partial charge in [0.15, 0.2) is 0 Å². The second-order valence-corrected chi connectivity index (χ2v) is 7.91. The number of nitrogens with zero attached hydrogens (tertiary/aromatic N) is 2. The number of thiophene rings is 1. The molecule has 1 aliphatic carbocycles. The van der Waals surface area contributed by atoms with Crippen LogP contribution in [0.5, 0.6) is 0 Å². The lowest BCUT2D eigenvalue weighted by atomic mass is 10.2. The molecule has 0 amide bonds. The van der Waals surface area contributed by atoms with Crippen molar-refractivity contribution in [3.63, 3.8) is 0 Å². The summed E-state index contributed by atoms with van der Waals surface area (Å²) in [7, 11) is 2.19. The molecule has 2 aromatic rings. The van der Waals surface area contributed by atoms with E-state index in [0.29, 0.717) is 6.04 Å². The van der Waals surface area contributed by atoms with Crippen molar-refractivity contribution in [2.45, 2.75) is 51.4 Å². The van der Waals surface area contributed by atoms with E-state index in [2.05, 4.69) is 47.1 Å². The fourth-order valence-electron chi connectivity index (χ4n) is 2.31. The third kappa shape index (κ3) is 4.61. The minimum absolute atomic E-state index is 0.540. The van der Waals surface area contributed by atoms with E-state index in [1.807, 2.05) is 11.3 Å². The van der Waals surface area contributed by atoms with Crippen LogP contribution in [0.15, 0.2) is 22.9 Å². The van der Waals surface area contributed by atoms with Gasteiger partial charge in [0.1, 0.15) is 5.01 Å². The van der Waals surface area contributed by atoms with Gasteiger partial charge in [-0.1, -0.05) is 6.07 Å². The normalized spacial score (nSPS) is 16.5. The summed E-state index contributed by atoms with van der Waals surface area (Å²) >= 11 is 3.63. The number of hydrogen-bond acceptors (Lipinski definition) is 5. The number of nitrogens with one attached hydrogen (secondary N) is 1. The van der Waals surface area contributed by atoms with Crippen LogP contribution < -0.4 is 5.32 Å². The highest BCUT2D eigenvalue weighted by atomic mass is 32.1. The molecule has 1 saturated carbocycles. The minimum atomic E-state index is 0.540. The van der Waals surface area contributed by atoms with Gasteiger partial charge in [0.05, 0.1) is 5.69 Å². The van der Waals surface area contributed by atoms with E-state index < -0.39 is 0 Å². The molecule has 0 aliphatic heterocycles. The van der Waals surface area contributed by atoms with E-state index in [9.17, 15) is 0 Å². The molecule has 114 valence electrons. The molecule has 3 rings (SSSR count). The quantitative estimate of drug-likeness (QED) is 0.806. The first-order valence-corrected chi connectivity index (χ1v) is 9.36. The van der Waals surface area contributed by atoms with E-state index >= 15 is 0 Å². The fraction of sp³-hybridized carbons (Fsp3) is 0.562. The molecule has 5 heteroatoms. The van der Waals surface area contributed by atoms with Crippen molar-refractivity contribution in [1.82, 2.24) is 15.2 Å². The number of aromatic nitrogens is 1. The second kappa shape index (κ2) is 7.01. The van der Waals surface area contributed by atoms with E-state index in [1.54, 1.807) is 11.3 Å². The molecular formula is C16H23N3S2. The van der Waals surface area contributed by atoms with Gasteiger partial charge in [-0.25, -0.2) is 4.98 Å². The average molecular weight is 322 g/mol. The molecule has 0 radical (unpaired) electrons. The summed E-state index contributed by atoms with van der Waals surface area (Å²) in [5, 5.41) is 9.11. The van der Waals surface area contributed by atoms with E-state index in [4.69, 9.17) is 4.98 Å². The van der Waals surface area contributed by atoms with Crippen LogP contribution >= 0.6 is 22.7 Å². The summed E-state index contributed by atoms with van der Waals surface area (Å²) < 4.78 is 0. The molecule has 0 aromatic carbocycles. The zero-order valence-electron chi connectivity index (χ0n) is 12.7. The van der Waals surface area contributed by atoms with Gasteiger partial charge in [0.2, 0.25) is 0 Å². The Kier molecular flexibility index (Phi) is 5.06. The lowest BCUT2D eigenvalue weighted by Gasteiger charge is -2.23. The Morgan fingerprint density at radius 2 is 2.29 bits per heavy atom. The van der Waals surface area contributed by atoms with Crippen molar-refractivity contribution in [2.24, 2.45) is 0 Å². The number of likely N-dealkylation sites (N-methyl/N-ethyl adjacent to an activating group) is 1. The van der Waals surface area contributed by atoms with E-state index in [0.717, 1.165) is 25.6 Å². The standard InChI is InChI=1S/C16H23N3S2/c1-12(8-15-4-3-7-20-15)19(2)10-14-11-21-16(18-14)9-17-13-5-6-13/h3-4,7,11-13,17H,5-6,8-10H2,1-2H3. The Morgan fingerprint density at radius 3 is 3.00 bits per heavy atom. The monoisotopic (exact) mass is 321 g/mol. The third-order valence-electron chi connectivity index (χ3n) is 3.96. The molecule has 0 bridgehead atoms. The number of thiazole rings is 1. The maximum Gasteiger partial charge on any atom is 0.107 e. The van der Waals surface area contributed by atoms with Crippen LogP contribution in [0.2, 0.25) is 0 Å². The molecule has 2 heterocycles. The second-order valence-electron chi connectivity index (χ2n) is 5.94. The summed E-state index contributed by atoms with van der Waals surface area (Å²) in [5.41, 5.74) is 1.20. The maximum absolute atomic E-state index is 4.75. The molecule has 0 spiro atoms. The lowest BCUT2D eigenvalue weighted by molar-refractivity contribution is 0.246. The SMILES string of the molecule is CC(Cc1cccs1)N(C)Cc1csc(CNC2CC2)n1. The van der Waals surface area contributed by atoms with Gasteiger partial charge in [0.25, 0.3) is 0 Å². The van der Waals surface area contributed by atoms with Crippen LogP contribution in [0.1, 0.15) is 35.3 Å². The van der Waals surface area contributed by atoms with Crippen LogP contribution in [0.3, 0.4) is 0 Å². The molecule has 1 aliphatic rings. The van der Waals surface area contributed by atoms with Crippen LogP contribution in [-0.2, 0) is 19.5 Å². The van der Waals surface area contributed by atoms with Gasteiger partial charge in [0, 0.05) is 35.4 Å². The van der Waals surface area contributed by atoms with Gasteiger partial charge >= 0.3 is 0 Å². The predicted molar refractivity (Wildman–Crippen MR) is 90.9 cm³/mol. The highest BCUT2D eigenvalue weighted by Gasteiger charge is 2.20. The van der Waals surface area contributed by atoms with Gasteiger partial charge in [-0.2, -0.15) is 0 Å². The summed E-state index contributed by atoms with van der Waals surface area (Å²) in [5.74, 6) is 0. The Labute approximate surface area is 135 Å². The Hall–Kier alpha value is -0.750. The van der Waals surface area contributed by atoms with Crippen molar-refractivity contribution in [3.05, 3.63) is 38.5 Å². The van der Waals surface area contributed by atoms with Gasteiger partial charge in [-0.3, -0.25) is 4.90 Å². The third-order valence-corrected chi connectivity index (χ3v) is 5.76. The molecule has 3 nitrogen and oxygen atoms in total. The van der Waals surface area contributed by atoms with Crippen LogP contribution in [0.25, 0.3) is 0 Å². The molecule has 1 atom stereocenters. The lowest BCUT2D eigenvalue weighted by Crippen LogP contribution is -2.30. The maximum atomic E-state index is 4.75. The van der Waals surface area contributed by atoms with Crippen molar-refractivity contribution < 1.29 is 0 Å². The summed E-state index contributed by atoms with van der Waals surface area (Å²) in [6, 6.07) is 5.65. The van der Waals surface area contributed by atoms with Crippen LogP contribution in [0, 0.1) is 0 Å². The van der Waals surface area contributed by atoms with Gasteiger partial charge in [-0.15, -0.1) is 22.7 Å². The fourth-order valence-corrected chi connectivity index (χ4v) is 3.87.